The van der Waals surface area contributed by atoms with E-state index in [0.29, 0.717) is 0 Å². The third-order valence-electron chi connectivity index (χ3n) is 1.83. The number of aromatic nitrogens is 1. The van der Waals surface area contributed by atoms with E-state index in [2.05, 4.69) is 14.5 Å². The average Bonchev–Trinajstić information content (AvgIpc) is 2.26. The summed E-state index contributed by atoms with van der Waals surface area (Å²) >= 11 is 0. The second-order valence-electron chi connectivity index (χ2n) is 2.99. The number of nitrogens with zero attached hydrogens (tertiary/aromatic N) is 2. The predicted octanol–water partition coefficient (Wildman–Crippen LogP) is 1.36. The Morgan fingerprint density at radius 1 is 1.56 bits per heavy atom. The fourth-order valence-electron chi connectivity index (χ4n) is 1.13. The minimum Gasteiger partial charge on any atom is -0.489 e. The van der Waals surface area contributed by atoms with Gasteiger partial charge in [0.2, 0.25) is 5.75 Å². The molecular formula is C8H8F3N3O4. The number of alkyl halides is 3. The van der Waals surface area contributed by atoms with Crippen molar-refractivity contribution in [1.82, 2.24) is 4.98 Å². The summed E-state index contributed by atoms with van der Waals surface area (Å²) in [6.07, 6.45) is -5.01. The maximum absolute atomic E-state index is 12.1. The highest BCUT2D eigenvalue weighted by Crippen LogP contribution is 2.33. The van der Waals surface area contributed by atoms with Crippen molar-refractivity contribution in [3.8, 4) is 11.6 Å². The molecule has 0 unspecified atom stereocenters. The molecule has 1 aromatic heterocycles. The van der Waals surface area contributed by atoms with Gasteiger partial charge >= 0.3 is 18.1 Å². The third kappa shape index (κ3) is 3.20. The molecule has 0 aliphatic rings. The SMILES string of the molecule is COc1cc(CN)c(OC(F)(F)F)nc1[N+](=O)[O-]. The van der Waals surface area contributed by atoms with E-state index in [1.807, 2.05) is 0 Å². The van der Waals surface area contributed by atoms with E-state index in [4.69, 9.17) is 5.73 Å². The highest BCUT2D eigenvalue weighted by atomic mass is 19.4. The molecule has 0 amide bonds. The Balaban J connectivity index is 3.32. The molecule has 0 saturated heterocycles. The van der Waals surface area contributed by atoms with E-state index in [9.17, 15) is 23.3 Å². The van der Waals surface area contributed by atoms with Gasteiger partial charge in [0.1, 0.15) is 0 Å². The molecule has 1 rings (SSSR count). The summed E-state index contributed by atoms with van der Waals surface area (Å²) in [4.78, 5) is 12.8. The summed E-state index contributed by atoms with van der Waals surface area (Å²) in [6, 6.07) is 0.978. The van der Waals surface area contributed by atoms with E-state index in [1.54, 1.807) is 0 Å². The van der Waals surface area contributed by atoms with Crippen LogP contribution in [0, 0.1) is 10.1 Å². The quantitative estimate of drug-likeness (QED) is 0.652. The summed E-state index contributed by atoms with van der Waals surface area (Å²) in [5, 5.41) is 10.6. The van der Waals surface area contributed by atoms with E-state index in [1.165, 1.54) is 0 Å². The smallest absolute Gasteiger partial charge is 0.489 e. The molecule has 10 heteroatoms. The van der Waals surface area contributed by atoms with Gasteiger partial charge in [0.05, 0.1) is 12.7 Å². The molecule has 0 aliphatic heterocycles. The minimum atomic E-state index is -5.01. The Hall–Kier alpha value is -2.10. The largest absolute Gasteiger partial charge is 0.575 e. The lowest BCUT2D eigenvalue weighted by Gasteiger charge is -2.09. The summed E-state index contributed by atoms with van der Waals surface area (Å²) in [7, 11) is 1.12. The third-order valence-corrected chi connectivity index (χ3v) is 1.83. The van der Waals surface area contributed by atoms with Crippen LogP contribution in [0.2, 0.25) is 0 Å². The van der Waals surface area contributed by atoms with Gasteiger partial charge in [-0.2, -0.15) is 0 Å². The van der Waals surface area contributed by atoms with Crippen LogP contribution in [0.15, 0.2) is 6.07 Å². The number of nitro groups is 1. The van der Waals surface area contributed by atoms with E-state index < -0.39 is 23.0 Å². The van der Waals surface area contributed by atoms with Gasteiger partial charge in [-0.25, -0.2) is 0 Å². The molecule has 1 aromatic rings. The maximum Gasteiger partial charge on any atom is 0.575 e. The van der Waals surface area contributed by atoms with Gasteiger partial charge in [0.15, 0.2) is 0 Å². The number of halogens is 3. The number of ether oxygens (including phenoxy) is 2. The molecule has 18 heavy (non-hydrogen) atoms. The van der Waals surface area contributed by atoms with Crippen LogP contribution in [0.25, 0.3) is 0 Å². The van der Waals surface area contributed by atoms with Crippen molar-refractivity contribution in [2.24, 2.45) is 5.73 Å². The number of methoxy groups -OCH3 is 1. The van der Waals surface area contributed by atoms with Crippen molar-refractivity contribution in [2.45, 2.75) is 12.9 Å². The number of rotatable bonds is 4. The zero-order valence-electron chi connectivity index (χ0n) is 9.02. The molecule has 1 heterocycles. The summed E-state index contributed by atoms with van der Waals surface area (Å²) < 4.78 is 44.4. The van der Waals surface area contributed by atoms with Crippen molar-refractivity contribution < 1.29 is 27.6 Å². The van der Waals surface area contributed by atoms with Crippen LogP contribution in [0.1, 0.15) is 5.56 Å². The maximum atomic E-state index is 12.1. The summed E-state index contributed by atoms with van der Waals surface area (Å²) in [5.74, 6) is -2.14. The van der Waals surface area contributed by atoms with E-state index in [-0.39, 0.29) is 17.9 Å². The van der Waals surface area contributed by atoms with Gasteiger partial charge in [0, 0.05) is 17.6 Å². The van der Waals surface area contributed by atoms with Gasteiger partial charge < -0.3 is 25.3 Å². The molecule has 0 aromatic carbocycles. The second-order valence-corrected chi connectivity index (χ2v) is 2.99. The molecular weight excluding hydrogens is 259 g/mol. The second kappa shape index (κ2) is 5.04. The molecule has 0 saturated carbocycles. The molecule has 0 spiro atoms. The zero-order valence-corrected chi connectivity index (χ0v) is 9.02. The van der Waals surface area contributed by atoms with E-state index >= 15 is 0 Å². The lowest BCUT2D eigenvalue weighted by molar-refractivity contribution is -0.390. The first-order valence-corrected chi connectivity index (χ1v) is 4.46. The summed E-state index contributed by atoms with van der Waals surface area (Å²) in [6.45, 7) is -0.341. The monoisotopic (exact) mass is 267 g/mol. The van der Waals surface area contributed by atoms with Gasteiger partial charge in [-0.1, -0.05) is 0 Å². The summed E-state index contributed by atoms with van der Waals surface area (Å²) in [5.41, 5.74) is 5.05. The highest BCUT2D eigenvalue weighted by molar-refractivity contribution is 5.46. The van der Waals surface area contributed by atoms with Crippen LogP contribution in [0.3, 0.4) is 0 Å². The van der Waals surface area contributed by atoms with Gasteiger partial charge in [-0.3, -0.25) is 0 Å². The Morgan fingerprint density at radius 3 is 2.56 bits per heavy atom. The van der Waals surface area contributed by atoms with Crippen molar-refractivity contribution in [3.05, 3.63) is 21.7 Å². The van der Waals surface area contributed by atoms with Crippen LogP contribution in [0.4, 0.5) is 19.0 Å². The normalized spacial score (nSPS) is 11.2. The fraction of sp³-hybridized carbons (Fsp3) is 0.375. The number of pyridine rings is 1. The van der Waals surface area contributed by atoms with Gasteiger partial charge in [-0.15, -0.1) is 13.2 Å². The molecule has 0 radical (unpaired) electrons. The first kappa shape index (κ1) is 14.0. The van der Waals surface area contributed by atoms with E-state index in [0.717, 1.165) is 13.2 Å². The lowest BCUT2D eigenvalue weighted by atomic mass is 10.2. The zero-order chi connectivity index (χ0) is 13.9. The average molecular weight is 267 g/mol. The van der Waals surface area contributed by atoms with Crippen molar-refractivity contribution >= 4 is 5.82 Å². The minimum absolute atomic E-state index is 0.158. The Bertz CT molecular complexity index is 464. The van der Waals surface area contributed by atoms with Crippen LogP contribution >= 0.6 is 0 Å². The van der Waals surface area contributed by atoms with Crippen LogP contribution in [-0.4, -0.2) is 23.4 Å². The fourth-order valence-corrected chi connectivity index (χ4v) is 1.13. The Labute approximate surface area is 98.5 Å². The van der Waals surface area contributed by atoms with Crippen LogP contribution in [-0.2, 0) is 6.54 Å². The van der Waals surface area contributed by atoms with Crippen molar-refractivity contribution in [1.29, 1.82) is 0 Å². The predicted molar refractivity (Wildman–Crippen MR) is 52.0 cm³/mol. The lowest BCUT2D eigenvalue weighted by Crippen LogP contribution is -2.20. The topological polar surface area (TPSA) is 101 Å². The van der Waals surface area contributed by atoms with Crippen LogP contribution < -0.4 is 15.2 Å². The molecule has 100 valence electrons. The van der Waals surface area contributed by atoms with Crippen LogP contribution in [0.5, 0.6) is 11.6 Å². The first-order chi connectivity index (χ1) is 8.28. The Morgan fingerprint density at radius 2 is 2.17 bits per heavy atom. The highest BCUT2D eigenvalue weighted by Gasteiger charge is 2.36. The van der Waals surface area contributed by atoms with Crippen molar-refractivity contribution in [2.75, 3.05) is 7.11 Å². The Kier molecular flexibility index (Phi) is 3.91. The molecule has 7 nitrogen and oxygen atoms in total. The molecule has 2 N–H and O–H groups in total. The molecule has 0 aliphatic carbocycles. The number of hydrogen-bond acceptors (Lipinski definition) is 6. The van der Waals surface area contributed by atoms with Gasteiger partial charge in [-0.05, 0) is 4.92 Å². The van der Waals surface area contributed by atoms with Crippen molar-refractivity contribution in [3.63, 3.8) is 0 Å². The first-order valence-electron chi connectivity index (χ1n) is 4.46. The molecule has 0 fully saturated rings. The van der Waals surface area contributed by atoms with Gasteiger partial charge in [0.25, 0.3) is 0 Å². The molecule has 0 atom stereocenters. The molecule has 0 bridgehead atoms. The number of nitrogens with two attached hydrogens (primary N) is 1. The standard InChI is InChI=1S/C8H8F3N3O4/c1-17-5-2-4(3-12)7(18-8(9,10)11)13-6(5)14(15)16/h2H,3,12H2,1H3. The number of hydrogen-bond donors (Lipinski definition) is 1.